The number of benzene rings is 2. The Morgan fingerprint density at radius 2 is 1.78 bits per heavy atom. The molecule has 3 heterocycles. The second-order valence-corrected chi connectivity index (χ2v) is 12.0. The Morgan fingerprint density at radius 3 is 2.43 bits per heavy atom. The third-order valence-electron chi connectivity index (χ3n) is 7.57. The van der Waals surface area contributed by atoms with Crippen molar-refractivity contribution >= 4 is 46.1 Å². The fourth-order valence-electron chi connectivity index (χ4n) is 5.17. The van der Waals surface area contributed by atoms with Crippen molar-refractivity contribution in [2.45, 2.75) is 38.6 Å². The smallest absolute Gasteiger partial charge is 0.489 e. The molecule has 1 saturated heterocycles. The maximum atomic E-state index is 13.2. The maximum Gasteiger partial charge on any atom is 0.490 e. The van der Waals surface area contributed by atoms with Crippen molar-refractivity contribution in [2.75, 3.05) is 19.6 Å². The largest absolute Gasteiger partial charge is 0.490 e. The quantitative estimate of drug-likeness (QED) is 0.124. The van der Waals surface area contributed by atoms with Crippen LogP contribution in [-0.4, -0.2) is 75.9 Å². The normalized spacial score (nSPS) is 15.8. The molecule has 0 bridgehead atoms. The Bertz CT molecular complexity index is 1750. The third kappa shape index (κ3) is 10.4. The van der Waals surface area contributed by atoms with Crippen molar-refractivity contribution in [3.8, 4) is 5.75 Å². The van der Waals surface area contributed by atoms with Crippen molar-refractivity contribution < 1.29 is 47.4 Å². The van der Waals surface area contributed by atoms with E-state index in [-0.39, 0.29) is 12.6 Å². The molecule has 0 radical (unpaired) electrons. The molecule has 0 aliphatic carbocycles. The monoisotopic (exact) mass is 701 g/mol. The number of carboxylic acid groups (broad SMARTS) is 1. The molecule has 2 aromatic carbocycles. The van der Waals surface area contributed by atoms with Crippen molar-refractivity contribution in [1.82, 2.24) is 26.0 Å². The number of nitrogens with one attached hydrogen (secondary N) is 3. The number of aromatic nitrogens is 1. The third-order valence-corrected chi connectivity index (χ3v) is 8.51. The molecule has 16 heteroatoms. The fourth-order valence-corrected chi connectivity index (χ4v) is 5.88. The predicted molar refractivity (Wildman–Crippen MR) is 173 cm³/mol. The highest BCUT2D eigenvalue weighted by Crippen LogP contribution is 2.22. The summed E-state index contributed by atoms with van der Waals surface area (Å²) in [5.74, 6) is -3.83. The maximum absolute atomic E-state index is 13.2. The summed E-state index contributed by atoms with van der Waals surface area (Å²) in [5.41, 5.74) is 4.91. The average Bonchev–Trinajstić information content (AvgIpc) is 3.60. The summed E-state index contributed by atoms with van der Waals surface area (Å²) in [4.78, 5) is 54.5. The van der Waals surface area contributed by atoms with E-state index in [0.29, 0.717) is 37.4 Å². The minimum absolute atomic E-state index is 0.134. The summed E-state index contributed by atoms with van der Waals surface area (Å²) in [6.45, 7) is 3.24. The van der Waals surface area contributed by atoms with E-state index >= 15 is 0 Å². The molecule has 1 aliphatic rings. The number of nitrogens with zero attached hydrogens (tertiary/aromatic N) is 2. The number of amides is 4. The van der Waals surface area contributed by atoms with Gasteiger partial charge in [-0.05, 0) is 67.6 Å². The molecule has 5 rings (SSSR count). The molecule has 0 saturated carbocycles. The Kier molecular flexibility index (Phi) is 12.5. The number of rotatable bonds is 9. The number of ether oxygens (including phenoxy) is 1. The Balaban J connectivity index is 0.000000698. The molecule has 5 N–H and O–H groups in total. The van der Waals surface area contributed by atoms with Gasteiger partial charge < -0.3 is 25.4 Å². The first-order chi connectivity index (χ1) is 23.3. The van der Waals surface area contributed by atoms with Crippen LogP contribution in [0, 0.1) is 12.8 Å². The van der Waals surface area contributed by atoms with Crippen LogP contribution < -0.4 is 20.9 Å². The lowest BCUT2D eigenvalue weighted by Gasteiger charge is -2.37. The van der Waals surface area contributed by atoms with E-state index in [9.17, 15) is 32.8 Å². The zero-order chi connectivity index (χ0) is 35.6. The summed E-state index contributed by atoms with van der Waals surface area (Å²) in [7, 11) is 0. The van der Waals surface area contributed by atoms with E-state index in [1.54, 1.807) is 46.0 Å². The van der Waals surface area contributed by atoms with Gasteiger partial charge in [-0.2, -0.15) is 13.2 Å². The minimum Gasteiger partial charge on any atom is -0.489 e. The van der Waals surface area contributed by atoms with Gasteiger partial charge in [0.1, 0.15) is 12.4 Å². The summed E-state index contributed by atoms with van der Waals surface area (Å²) in [6, 6.07) is 19.7. The summed E-state index contributed by atoms with van der Waals surface area (Å²) in [6.07, 6.45) is -4.06. The number of hydrogen-bond acceptors (Lipinski definition) is 8. The molecule has 4 amide bonds. The van der Waals surface area contributed by atoms with E-state index in [1.807, 2.05) is 54.8 Å². The molecule has 2 atom stereocenters. The highest BCUT2D eigenvalue weighted by Gasteiger charge is 2.38. The van der Waals surface area contributed by atoms with Crippen molar-refractivity contribution in [3.63, 3.8) is 0 Å². The molecule has 1 fully saturated rings. The van der Waals surface area contributed by atoms with E-state index in [0.717, 1.165) is 28.6 Å². The minimum atomic E-state index is -5.08. The molecule has 2 aromatic heterocycles. The van der Waals surface area contributed by atoms with Gasteiger partial charge in [-0.15, -0.1) is 11.3 Å². The molecular formula is C33H34F3N5O7S. The number of carbonyl (C=O) groups excluding carboxylic acids is 3. The van der Waals surface area contributed by atoms with Gasteiger partial charge in [0.15, 0.2) is 0 Å². The second kappa shape index (κ2) is 16.7. The van der Waals surface area contributed by atoms with Gasteiger partial charge in [-0.25, -0.2) is 15.1 Å². The van der Waals surface area contributed by atoms with Crippen molar-refractivity contribution in [2.24, 2.45) is 5.92 Å². The number of halogens is 3. The number of fused-ring (bicyclic) bond motifs is 1. The van der Waals surface area contributed by atoms with Gasteiger partial charge in [0.25, 0.3) is 5.91 Å². The zero-order valence-corrected chi connectivity index (χ0v) is 27.0. The Labute approximate surface area is 282 Å². The first-order valence-electron chi connectivity index (χ1n) is 15.0. The van der Waals surface area contributed by atoms with Crippen LogP contribution in [0.15, 0.2) is 72.1 Å². The fraction of sp³-hybridized carbons (Fsp3) is 0.303. The standard InChI is InChI=1S/C31H33N5O5S.C2HF3O2/c1-20-17-22(25-6-2-3-7-27(25)33-20)19-41-23-10-8-21(9-11-23)29(37)34-28-18-36(15-13-26(28)30(38)35-40)31(39)32-14-12-24-5-4-16-42-24;3-2(4,5)1(6)7/h2-11,16-17,26,28,40H,12-15,18-19H2,1H3,(H,32,39)(H,34,37)(H,35,38);(H,6,7)/t26-,28+;/m0./s1. The number of hydrogen-bond donors (Lipinski definition) is 5. The molecule has 12 nitrogen and oxygen atoms in total. The number of alkyl halides is 3. The van der Waals surface area contributed by atoms with Gasteiger partial charge in [-0.3, -0.25) is 19.8 Å². The highest BCUT2D eigenvalue weighted by molar-refractivity contribution is 7.09. The molecular weight excluding hydrogens is 667 g/mol. The Morgan fingerprint density at radius 1 is 1.06 bits per heavy atom. The molecule has 49 heavy (non-hydrogen) atoms. The number of pyridine rings is 1. The SMILES string of the molecule is Cc1cc(COc2ccc(C(=O)N[C@@H]3CN(C(=O)NCCc4cccs4)CC[C@@H]3C(=O)NO)cc2)c2ccccc2n1.O=C(O)C(F)(F)F. The molecule has 4 aromatic rings. The van der Waals surface area contributed by atoms with Crippen LogP contribution in [0.2, 0.25) is 0 Å². The second-order valence-electron chi connectivity index (χ2n) is 11.0. The number of aryl methyl sites for hydroxylation is 1. The average molecular weight is 702 g/mol. The number of thiophene rings is 1. The van der Waals surface area contributed by atoms with Crippen LogP contribution in [0.25, 0.3) is 10.9 Å². The van der Waals surface area contributed by atoms with Crippen LogP contribution in [0.1, 0.15) is 32.9 Å². The first-order valence-corrected chi connectivity index (χ1v) is 15.9. The number of para-hydroxylation sites is 1. The number of likely N-dealkylation sites (tertiary alicyclic amines) is 1. The van der Waals surface area contributed by atoms with Crippen LogP contribution in [-0.2, 0) is 22.6 Å². The number of piperidine rings is 1. The molecule has 1 aliphatic heterocycles. The van der Waals surface area contributed by atoms with Crippen LogP contribution >= 0.6 is 11.3 Å². The van der Waals surface area contributed by atoms with Crippen LogP contribution in [0.3, 0.4) is 0 Å². The van der Waals surface area contributed by atoms with Crippen molar-refractivity contribution in [1.29, 1.82) is 0 Å². The number of carboxylic acids is 1. The van der Waals surface area contributed by atoms with Gasteiger partial charge >= 0.3 is 18.2 Å². The van der Waals surface area contributed by atoms with E-state index in [2.05, 4.69) is 15.6 Å². The van der Waals surface area contributed by atoms with Crippen LogP contribution in [0.5, 0.6) is 5.75 Å². The topological polar surface area (TPSA) is 170 Å². The van der Waals surface area contributed by atoms with E-state index < -0.39 is 35.9 Å². The highest BCUT2D eigenvalue weighted by atomic mass is 32.1. The van der Waals surface area contributed by atoms with Gasteiger partial charge in [0, 0.05) is 46.7 Å². The van der Waals surface area contributed by atoms with Crippen LogP contribution in [0.4, 0.5) is 18.0 Å². The molecule has 260 valence electrons. The lowest BCUT2D eigenvalue weighted by atomic mass is 9.90. The van der Waals surface area contributed by atoms with Gasteiger partial charge in [0.05, 0.1) is 17.5 Å². The summed E-state index contributed by atoms with van der Waals surface area (Å²) in [5, 5.41) is 25.2. The predicted octanol–water partition coefficient (Wildman–Crippen LogP) is 4.70. The number of urea groups is 1. The van der Waals surface area contributed by atoms with Gasteiger partial charge in [0.2, 0.25) is 5.91 Å². The lowest BCUT2D eigenvalue weighted by molar-refractivity contribution is -0.192. The summed E-state index contributed by atoms with van der Waals surface area (Å²) < 4.78 is 37.7. The lowest BCUT2D eigenvalue weighted by Crippen LogP contribution is -2.58. The van der Waals surface area contributed by atoms with Gasteiger partial charge in [-0.1, -0.05) is 24.3 Å². The molecule has 0 spiro atoms. The number of hydroxylamine groups is 1. The zero-order valence-electron chi connectivity index (χ0n) is 26.2. The first kappa shape index (κ1) is 36.6. The molecule has 0 unspecified atom stereocenters. The Hall–Kier alpha value is -5.22. The number of carbonyl (C=O) groups is 4. The summed E-state index contributed by atoms with van der Waals surface area (Å²) >= 11 is 1.63. The van der Waals surface area contributed by atoms with Crippen molar-refractivity contribution in [3.05, 3.63) is 93.8 Å². The number of aliphatic carboxylic acids is 1. The van der Waals surface area contributed by atoms with E-state index in [1.165, 1.54) is 4.88 Å². The van der Waals surface area contributed by atoms with E-state index in [4.69, 9.17) is 14.6 Å².